The summed E-state index contributed by atoms with van der Waals surface area (Å²) in [5.41, 5.74) is 0.387. The Morgan fingerprint density at radius 1 is 1.26 bits per heavy atom. The van der Waals surface area contributed by atoms with Crippen LogP contribution < -0.4 is 5.32 Å². The number of rotatable bonds is 5. The van der Waals surface area contributed by atoms with Gasteiger partial charge in [0.05, 0.1) is 6.61 Å². The quantitative estimate of drug-likeness (QED) is 0.826. The minimum Gasteiger partial charge on any atom is -0.381 e. The van der Waals surface area contributed by atoms with E-state index in [4.69, 9.17) is 4.74 Å². The van der Waals surface area contributed by atoms with Crippen molar-refractivity contribution in [3.05, 3.63) is 0 Å². The number of nitrogens with one attached hydrogen (secondary N) is 1. The molecule has 0 amide bonds. The molecule has 0 bridgehead atoms. The van der Waals surface area contributed by atoms with Crippen molar-refractivity contribution in [2.24, 2.45) is 11.3 Å². The Morgan fingerprint density at radius 3 is 2.84 bits per heavy atom. The van der Waals surface area contributed by atoms with E-state index in [2.05, 4.69) is 17.1 Å². The highest BCUT2D eigenvalue weighted by Crippen LogP contribution is 2.32. The van der Waals surface area contributed by atoms with E-state index in [1.54, 1.807) is 0 Å². The zero-order valence-corrected chi connectivity index (χ0v) is 12.5. The monoisotopic (exact) mass is 266 g/mol. The van der Waals surface area contributed by atoms with E-state index < -0.39 is 0 Å². The lowest BCUT2D eigenvalue weighted by molar-refractivity contribution is -0.0316. The second-order valence-corrected chi connectivity index (χ2v) is 7.29. The Labute approximate surface area is 118 Å². The Bertz CT molecular complexity index is 284. The zero-order chi connectivity index (χ0) is 13.1. The summed E-state index contributed by atoms with van der Waals surface area (Å²) in [4.78, 5) is 2.71. The van der Waals surface area contributed by atoms with Gasteiger partial charge in [-0.15, -0.1) is 0 Å². The highest BCUT2D eigenvalue weighted by molar-refractivity contribution is 4.91. The number of likely N-dealkylation sites (tertiary alicyclic amines) is 1. The Kier molecular flexibility index (Phi) is 4.45. The van der Waals surface area contributed by atoms with Gasteiger partial charge in [0.25, 0.3) is 0 Å². The van der Waals surface area contributed by atoms with Crippen LogP contribution in [-0.4, -0.2) is 50.3 Å². The van der Waals surface area contributed by atoms with Gasteiger partial charge in [0.1, 0.15) is 0 Å². The first-order chi connectivity index (χ1) is 9.26. The molecular weight excluding hydrogens is 236 g/mol. The van der Waals surface area contributed by atoms with Gasteiger partial charge in [-0.25, -0.2) is 0 Å². The lowest BCUT2D eigenvalue weighted by atomic mass is 9.81. The van der Waals surface area contributed by atoms with Gasteiger partial charge in [0.2, 0.25) is 0 Å². The fourth-order valence-corrected chi connectivity index (χ4v) is 3.78. The third kappa shape index (κ3) is 3.93. The van der Waals surface area contributed by atoms with E-state index in [9.17, 15) is 0 Å². The number of nitrogens with zero attached hydrogens (tertiary/aromatic N) is 1. The molecule has 3 aliphatic rings. The second-order valence-electron chi connectivity index (χ2n) is 7.29. The third-order valence-corrected chi connectivity index (χ3v) is 5.05. The molecule has 2 heterocycles. The van der Waals surface area contributed by atoms with Gasteiger partial charge in [0.15, 0.2) is 0 Å². The summed E-state index contributed by atoms with van der Waals surface area (Å²) in [5.74, 6) is 0.881. The Hall–Kier alpha value is -0.120. The van der Waals surface area contributed by atoms with E-state index in [-0.39, 0.29) is 0 Å². The number of piperidine rings is 1. The lowest BCUT2D eigenvalue weighted by Crippen LogP contribution is -2.51. The average molecular weight is 266 g/mol. The van der Waals surface area contributed by atoms with Crippen LogP contribution >= 0.6 is 0 Å². The predicted octanol–water partition coefficient (Wildman–Crippen LogP) is 2.27. The molecule has 0 radical (unpaired) electrons. The summed E-state index contributed by atoms with van der Waals surface area (Å²) in [5, 5.41) is 3.76. The van der Waals surface area contributed by atoms with E-state index in [0.29, 0.717) is 5.41 Å². The number of hydrogen-bond donors (Lipinski definition) is 1. The van der Waals surface area contributed by atoms with Crippen molar-refractivity contribution in [2.75, 3.05) is 39.4 Å². The van der Waals surface area contributed by atoms with Gasteiger partial charge >= 0.3 is 0 Å². The first kappa shape index (κ1) is 13.8. The van der Waals surface area contributed by atoms with E-state index in [0.717, 1.165) is 25.2 Å². The Morgan fingerprint density at radius 2 is 2.16 bits per heavy atom. The van der Waals surface area contributed by atoms with Crippen LogP contribution in [0.5, 0.6) is 0 Å². The predicted molar refractivity (Wildman–Crippen MR) is 78.3 cm³/mol. The van der Waals surface area contributed by atoms with Crippen molar-refractivity contribution in [1.82, 2.24) is 10.2 Å². The van der Waals surface area contributed by atoms with Gasteiger partial charge in [0, 0.05) is 37.7 Å². The summed E-state index contributed by atoms with van der Waals surface area (Å²) < 4.78 is 5.84. The van der Waals surface area contributed by atoms with Gasteiger partial charge in [-0.05, 0) is 51.0 Å². The molecule has 3 rings (SSSR count). The molecule has 2 unspecified atom stereocenters. The number of ether oxygens (including phenoxy) is 1. The first-order valence-electron chi connectivity index (χ1n) is 8.29. The topological polar surface area (TPSA) is 24.5 Å². The average Bonchev–Trinajstić information content (AvgIpc) is 3.22. The maximum atomic E-state index is 5.84. The molecule has 3 fully saturated rings. The van der Waals surface area contributed by atoms with Crippen molar-refractivity contribution >= 4 is 0 Å². The summed E-state index contributed by atoms with van der Waals surface area (Å²) in [6, 6.07) is 0.819. The van der Waals surface area contributed by atoms with E-state index in [1.807, 2.05) is 0 Å². The molecule has 1 aliphatic carbocycles. The van der Waals surface area contributed by atoms with Crippen LogP contribution in [0.4, 0.5) is 0 Å². The van der Waals surface area contributed by atoms with Crippen LogP contribution in [0.15, 0.2) is 0 Å². The highest BCUT2D eigenvalue weighted by Gasteiger charge is 2.37. The van der Waals surface area contributed by atoms with E-state index >= 15 is 0 Å². The molecule has 1 N–H and O–H groups in total. The zero-order valence-electron chi connectivity index (χ0n) is 12.5. The van der Waals surface area contributed by atoms with Crippen molar-refractivity contribution in [1.29, 1.82) is 0 Å². The maximum Gasteiger partial charge on any atom is 0.0546 e. The molecule has 2 saturated heterocycles. The van der Waals surface area contributed by atoms with Crippen molar-refractivity contribution < 1.29 is 4.74 Å². The first-order valence-corrected chi connectivity index (χ1v) is 8.29. The molecule has 3 heteroatoms. The van der Waals surface area contributed by atoms with Crippen molar-refractivity contribution in [3.63, 3.8) is 0 Å². The summed E-state index contributed by atoms with van der Waals surface area (Å²) in [7, 11) is 0. The molecule has 0 aromatic rings. The van der Waals surface area contributed by atoms with Gasteiger partial charge < -0.3 is 15.0 Å². The fraction of sp³-hybridized carbons (Fsp3) is 1.00. The molecule has 1 saturated carbocycles. The fourth-order valence-electron chi connectivity index (χ4n) is 3.78. The summed E-state index contributed by atoms with van der Waals surface area (Å²) in [6.07, 6.45) is 8.16. The van der Waals surface area contributed by atoms with Crippen molar-refractivity contribution in [3.8, 4) is 0 Å². The minimum absolute atomic E-state index is 0.387. The SMILES string of the molecule is CC1CCCN(CC2(CNC3CC3)CCCOC2)C1. The largest absolute Gasteiger partial charge is 0.381 e. The minimum atomic E-state index is 0.387. The molecular formula is C16H30N2O. The number of hydrogen-bond acceptors (Lipinski definition) is 3. The summed E-state index contributed by atoms with van der Waals surface area (Å²) >= 11 is 0. The van der Waals surface area contributed by atoms with Crippen LogP contribution in [0, 0.1) is 11.3 Å². The molecule has 19 heavy (non-hydrogen) atoms. The molecule has 2 aliphatic heterocycles. The van der Waals surface area contributed by atoms with Crippen LogP contribution in [-0.2, 0) is 4.74 Å². The maximum absolute atomic E-state index is 5.84. The molecule has 0 aromatic carbocycles. The van der Waals surface area contributed by atoms with Gasteiger partial charge in [-0.1, -0.05) is 6.92 Å². The normalized spacial score (nSPS) is 37.4. The van der Waals surface area contributed by atoms with Gasteiger partial charge in [-0.2, -0.15) is 0 Å². The van der Waals surface area contributed by atoms with Crippen LogP contribution in [0.2, 0.25) is 0 Å². The smallest absolute Gasteiger partial charge is 0.0546 e. The standard InChI is InChI=1S/C16H30N2O/c1-14-4-2-8-18(10-14)12-16(7-3-9-19-13-16)11-17-15-5-6-15/h14-15,17H,2-13H2,1H3. The second kappa shape index (κ2) is 6.11. The van der Waals surface area contributed by atoms with Crippen LogP contribution in [0.25, 0.3) is 0 Å². The van der Waals surface area contributed by atoms with Crippen LogP contribution in [0.3, 0.4) is 0 Å². The lowest BCUT2D eigenvalue weighted by Gasteiger charge is -2.43. The molecule has 0 aromatic heterocycles. The third-order valence-electron chi connectivity index (χ3n) is 5.05. The van der Waals surface area contributed by atoms with Crippen LogP contribution in [0.1, 0.15) is 45.4 Å². The summed E-state index contributed by atoms with van der Waals surface area (Å²) in [6.45, 7) is 9.36. The molecule has 2 atom stereocenters. The molecule has 110 valence electrons. The highest BCUT2D eigenvalue weighted by atomic mass is 16.5. The van der Waals surface area contributed by atoms with Crippen molar-refractivity contribution in [2.45, 2.75) is 51.5 Å². The molecule has 0 spiro atoms. The van der Waals surface area contributed by atoms with Gasteiger partial charge in [-0.3, -0.25) is 0 Å². The Balaban J connectivity index is 1.56. The molecule has 3 nitrogen and oxygen atoms in total. The van der Waals surface area contributed by atoms with E-state index in [1.165, 1.54) is 64.7 Å².